The third-order valence-electron chi connectivity index (χ3n) is 6.86. The van der Waals surface area contributed by atoms with Crippen molar-refractivity contribution in [1.29, 1.82) is 5.26 Å². The maximum atomic E-state index is 9.10. The van der Waals surface area contributed by atoms with Crippen LogP contribution in [0, 0.1) is 11.3 Å². The van der Waals surface area contributed by atoms with E-state index in [0.29, 0.717) is 12.2 Å². The van der Waals surface area contributed by atoms with Gasteiger partial charge in [0.05, 0.1) is 23.8 Å². The first-order chi connectivity index (χ1) is 21.1. The lowest BCUT2D eigenvalue weighted by molar-refractivity contribution is 0.281. The minimum absolute atomic E-state index is 0.446. The Morgan fingerprint density at radius 3 is 1.91 bits per heavy atom. The fraction of sp³-hybridized carbons (Fsp3) is 0.135. The first-order valence-corrected chi connectivity index (χ1v) is 15.7. The van der Waals surface area contributed by atoms with E-state index in [1.165, 1.54) is 15.9 Å². The number of H-pyrrole nitrogens is 1. The third kappa shape index (κ3) is 7.96. The molecule has 0 atom stereocenters. The Balaban J connectivity index is 0.000000176. The Bertz CT molecular complexity index is 1670. The molecule has 214 valence electrons. The Hall–Kier alpha value is -4.75. The minimum atomic E-state index is -0.446. The molecule has 0 aliphatic heterocycles. The van der Waals surface area contributed by atoms with Crippen molar-refractivity contribution in [1.82, 2.24) is 15.1 Å². The molecule has 1 N–H and O–H groups in total. The van der Waals surface area contributed by atoms with E-state index < -0.39 is 7.92 Å². The zero-order valence-electron chi connectivity index (χ0n) is 24.5. The van der Waals surface area contributed by atoms with Crippen LogP contribution < -0.4 is 20.7 Å². The highest BCUT2D eigenvalue weighted by molar-refractivity contribution is 7.79. The highest BCUT2D eigenvalue weighted by Crippen LogP contribution is 2.32. The number of benzene rings is 5. The van der Waals surface area contributed by atoms with Gasteiger partial charge in [0, 0.05) is 17.5 Å². The van der Waals surface area contributed by atoms with Crippen molar-refractivity contribution in [2.75, 3.05) is 27.2 Å². The molecule has 1 aromatic heterocycles. The largest absolute Gasteiger partial charge is 0.494 e. The Labute approximate surface area is 255 Å². The number of hydrogen-bond donors (Lipinski definition) is 1. The van der Waals surface area contributed by atoms with Gasteiger partial charge in [0.1, 0.15) is 11.4 Å². The van der Waals surface area contributed by atoms with E-state index in [0.717, 1.165) is 40.9 Å². The second kappa shape index (κ2) is 14.9. The summed E-state index contributed by atoms with van der Waals surface area (Å²) in [4.78, 5) is 2.14. The molecule has 6 heteroatoms. The lowest BCUT2D eigenvalue weighted by Crippen LogP contribution is -2.20. The summed E-state index contributed by atoms with van der Waals surface area (Å²) in [7, 11) is 3.66. The summed E-state index contributed by atoms with van der Waals surface area (Å²) >= 11 is 0. The number of ether oxygens (including phenoxy) is 1. The summed E-state index contributed by atoms with van der Waals surface area (Å²) in [5.74, 6) is 0.832. The molecule has 0 saturated heterocycles. The molecule has 0 saturated carbocycles. The van der Waals surface area contributed by atoms with Gasteiger partial charge in [-0.3, -0.25) is 5.10 Å². The number of aromatic nitrogens is 2. The first kappa shape index (κ1) is 29.7. The summed E-state index contributed by atoms with van der Waals surface area (Å²) in [6.45, 7) is 1.68. The van der Waals surface area contributed by atoms with Gasteiger partial charge in [-0.2, -0.15) is 10.4 Å². The van der Waals surface area contributed by atoms with Crippen molar-refractivity contribution in [3.8, 4) is 23.1 Å². The third-order valence-corrected chi connectivity index (χ3v) is 9.30. The minimum Gasteiger partial charge on any atom is -0.494 e. The lowest BCUT2D eigenvalue weighted by Gasteiger charge is -2.18. The van der Waals surface area contributed by atoms with Crippen molar-refractivity contribution in [3.05, 3.63) is 139 Å². The summed E-state index contributed by atoms with van der Waals surface area (Å²) in [5.41, 5.74) is 3.35. The number of nitriles is 1. The van der Waals surface area contributed by atoms with Crippen LogP contribution in [0.3, 0.4) is 0 Å². The lowest BCUT2D eigenvalue weighted by atomic mass is 10.1. The standard InChI is InChI=1S/C19H20N4O.C18H15P/c1-23(2)9-4-10-24-16-6-3-5-15(12-16)19-17-11-14(13-20)7-8-18(17)21-22-19;1-4-10-16(11-5-1)19(17-12-6-2-7-13-17)18-14-8-3-9-15-18/h3,5-8,11-12H,4,9-10H2,1-2H3,(H,21,22);1-15H. The SMILES string of the molecule is CN(C)CCCOc1cccc(-c2n[nH]c3ccc(C#N)cc23)c1.c1ccc(P(c2ccccc2)c2ccccc2)cc1. The molecule has 0 aliphatic carbocycles. The zero-order valence-corrected chi connectivity index (χ0v) is 25.4. The monoisotopic (exact) mass is 582 g/mol. The number of rotatable bonds is 9. The molecule has 0 spiro atoms. The van der Waals surface area contributed by atoms with E-state index in [1.807, 2.05) is 36.4 Å². The van der Waals surface area contributed by atoms with Crippen molar-refractivity contribution in [3.63, 3.8) is 0 Å². The van der Waals surface area contributed by atoms with Crippen LogP contribution >= 0.6 is 7.92 Å². The molecule has 6 aromatic rings. The molecule has 0 aliphatic rings. The number of hydrogen-bond acceptors (Lipinski definition) is 4. The molecular weight excluding hydrogens is 547 g/mol. The summed E-state index contributed by atoms with van der Waals surface area (Å²) < 4.78 is 5.84. The normalized spacial score (nSPS) is 10.8. The molecule has 0 bridgehead atoms. The highest BCUT2D eigenvalue weighted by Gasteiger charge is 2.15. The fourth-order valence-electron chi connectivity index (χ4n) is 4.79. The van der Waals surface area contributed by atoms with Crippen molar-refractivity contribution >= 4 is 34.7 Å². The van der Waals surface area contributed by atoms with Crippen LogP contribution in [0.5, 0.6) is 5.75 Å². The van der Waals surface area contributed by atoms with Gasteiger partial charge in [0.25, 0.3) is 0 Å². The quantitative estimate of drug-likeness (QED) is 0.149. The molecule has 5 aromatic carbocycles. The molecule has 6 rings (SSSR count). The first-order valence-electron chi connectivity index (χ1n) is 14.3. The predicted molar refractivity (Wildman–Crippen MR) is 180 cm³/mol. The maximum absolute atomic E-state index is 9.10. The molecule has 0 amide bonds. The molecule has 1 heterocycles. The van der Waals surface area contributed by atoms with Crippen LogP contribution in [0.4, 0.5) is 0 Å². The summed E-state index contributed by atoms with van der Waals surface area (Å²) in [5, 5.41) is 21.7. The van der Waals surface area contributed by atoms with E-state index in [2.05, 4.69) is 126 Å². The molecule has 0 unspecified atom stereocenters. The second-order valence-corrected chi connectivity index (χ2v) is 12.5. The van der Waals surface area contributed by atoms with E-state index in [-0.39, 0.29) is 0 Å². The van der Waals surface area contributed by atoms with Crippen LogP contribution in [0.2, 0.25) is 0 Å². The predicted octanol–water partition coefficient (Wildman–Crippen LogP) is 6.88. The number of nitrogens with one attached hydrogen (secondary N) is 1. The van der Waals surface area contributed by atoms with Crippen LogP contribution in [0.1, 0.15) is 12.0 Å². The molecule has 0 radical (unpaired) electrons. The smallest absolute Gasteiger partial charge is 0.119 e. The molecular formula is C37H35N4OP. The van der Waals surface area contributed by atoms with Gasteiger partial charge in [0.2, 0.25) is 0 Å². The van der Waals surface area contributed by atoms with Crippen LogP contribution in [-0.2, 0) is 0 Å². The van der Waals surface area contributed by atoms with E-state index in [4.69, 9.17) is 10.00 Å². The van der Waals surface area contributed by atoms with Crippen molar-refractivity contribution in [2.45, 2.75) is 6.42 Å². The topological polar surface area (TPSA) is 64.9 Å². The second-order valence-electron chi connectivity index (χ2n) is 10.3. The maximum Gasteiger partial charge on any atom is 0.119 e. The number of aromatic amines is 1. The Morgan fingerprint density at radius 1 is 0.744 bits per heavy atom. The Morgan fingerprint density at radius 2 is 1.35 bits per heavy atom. The molecule has 0 fully saturated rings. The average molecular weight is 583 g/mol. The summed E-state index contributed by atoms with van der Waals surface area (Å²) in [6, 6.07) is 47.9. The Kier molecular flexibility index (Phi) is 10.3. The average Bonchev–Trinajstić information content (AvgIpc) is 3.49. The number of fused-ring (bicyclic) bond motifs is 1. The zero-order chi connectivity index (χ0) is 29.9. The van der Waals surface area contributed by atoms with Gasteiger partial charge in [0.15, 0.2) is 0 Å². The van der Waals surface area contributed by atoms with Gasteiger partial charge in [-0.1, -0.05) is 103 Å². The van der Waals surface area contributed by atoms with Crippen LogP contribution in [0.25, 0.3) is 22.2 Å². The number of nitrogens with zero attached hydrogens (tertiary/aromatic N) is 3. The van der Waals surface area contributed by atoms with E-state index >= 15 is 0 Å². The van der Waals surface area contributed by atoms with E-state index in [1.54, 1.807) is 6.07 Å². The van der Waals surface area contributed by atoms with Gasteiger partial charge >= 0.3 is 0 Å². The van der Waals surface area contributed by atoms with Crippen molar-refractivity contribution in [2.24, 2.45) is 0 Å². The van der Waals surface area contributed by atoms with Gasteiger partial charge < -0.3 is 9.64 Å². The van der Waals surface area contributed by atoms with Crippen molar-refractivity contribution < 1.29 is 4.74 Å². The molecule has 43 heavy (non-hydrogen) atoms. The van der Waals surface area contributed by atoms with Gasteiger partial charge in [-0.05, 0) is 74.7 Å². The van der Waals surface area contributed by atoms with Crippen LogP contribution in [-0.4, -0.2) is 42.3 Å². The molecule has 5 nitrogen and oxygen atoms in total. The van der Waals surface area contributed by atoms with E-state index in [9.17, 15) is 0 Å². The summed E-state index contributed by atoms with van der Waals surface area (Å²) in [6.07, 6.45) is 0.980. The van der Waals surface area contributed by atoms with Gasteiger partial charge in [-0.25, -0.2) is 0 Å². The van der Waals surface area contributed by atoms with Gasteiger partial charge in [-0.15, -0.1) is 0 Å². The van der Waals surface area contributed by atoms with Crippen LogP contribution in [0.15, 0.2) is 133 Å². The fourth-order valence-corrected chi connectivity index (χ4v) is 7.09. The highest BCUT2D eigenvalue weighted by atomic mass is 31.1.